The van der Waals surface area contributed by atoms with Gasteiger partial charge in [-0.2, -0.15) is 0 Å². The summed E-state index contributed by atoms with van der Waals surface area (Å²) in [6.07, 6.45) is 0.975. The lowest BCUT2D eigenvalue weighted by Crippen LogP contribution is -2.32. The lowest BCUT2D eigenvalue weighted by Gasteiger charge is -2.09. The van der Waals surface area contributed by atoms with Crippen LogP contribution in [0, 0.1) is 0 Å². The van der Waals surface area contributed by atoms with Crippen molar-refractivity contribution in [2.45, 2.75) is 26.3 Å². The van der Waals surface area contributed by atoms with Gasteiger partial charge in [-0.05, 0) is 37.6 Å². The van der Waals surface area contributed by atoms with Crippen LogP contribution < -0.4 is 15.8 Å². The van der Waals surface area contributed by atoms with Crippen LogP contribution in [0.3, 0.4) is 0 Å². The number of hydrogen-bond donors (Lipinski definition) is 2. The first-order valence-electron chi connectivity index (χ1n) is 5.42. The lowest BCUT2D eigenvalue weighted by molar-refractivity contribution is -0.117. The molecule has 0 aliphatic rings. The second-order valence-electron chi connectivity index (χ2n) is 3.65. The van der Waals surface area contributed by atoms with Crippen molar-refractivity contribution >= 4 is 11.6 Å². The van der Waals surface area contributed by atoms with Gasteiger partial charge in [0.15, 0.2) is 0 Å². The van der Waals surface area contributed by atoms with Crippen molar-refractivity contribution in [3.05, 3.63) is 24.3 Å². The van der Waals surface area contributed by atoms with Crippen LogP contribution >= 0.6 is 0 Å². The van der Waals surface area contributed by atoms with Crippen LogP contribution in [0.2, 0.25) is 0 Å². The highest BCUT2D eigenvalue weighted by Gasteiger charge is 2.06. The Morgan fingerprint density at radius 2 is 2.06 bits per heavy atom. The monoisotopic (exact) mass is 222 g/mol. The van der Waals surface area contributed by atoms with E-state index in [1.54, 1.807) is 19.1 Å². The van der Waals surface area contributed by atoms with E-state index in [-0.39, 0.29) is 5.91 Å². The van der Waals surface area contributed by atoms with Crippen molar-refractivity contribution in [1.82, 2.24) is 0 Å². The van der Waals surface area contributed by atoms with E-state index in [1.165, 1.54) is 0 Å². The third kappa shape index (κ3) is 3.90. The molecule has 0 radical (unpaired) electrons. The first-order valence-corrected chi connectivity index (χ1v) is 5.42. The Hall–Kier alpha value is -1.55. The summed E-state index contributed by atoms with van der Waals surface area (Å²) in [5.41, 5.74) is 6.17. The summed E-state index contributed by atoms with van der Waals surface area (Å²) in [6.45, 7) is 4.40. The average Bonchev–Trinajstić information content (AvgIpc) is 2.28. The summed E-state index contributed by atoms with van der Waals surface area (Å²) >= 11 is 0. The standard InChI is InChI=1S/C12H18N2O2/c1-3-8-16-11-6-4-10(5-7-11)14-12(15)9(2)13/h4-7,9H,3,8,13H2,1-2H3,(H,14,15)/t9-/m1/s1. The highest BCUT2D eigenvalue weighted by atomic mass is 16.5. The molecule has 4 nitrogen and oxygen atoms in total. The fourth-order valence-electron chi connectivity index (χ4n) is 1.11. The number of amides is 1. The van der Waals surface area contributed by atoms with Gasteiger partial charge in [-0.1, -0.05) is 6.92 Å². The molecule has 0 unspecified atom stereocenters. The third-order valence-corrected chi connectivity index (χ3v) is 2.01. The van der Waals surface area contributed by atoms with Gasteiger partial charge in [-0.25, -0.2) is 0 Å². The minimum Gasteiger partial charge on any atom is -0.494 e. The van der Waals surface area contributed by atoms with E-state index >= 15 is 0 Å². The molecule has 0 heterocycles. The Kier molecular flexibility index (Phi) is 4.79. The van der Waals surface area contributed by atoms with Crippen molar-refractivity contribution in [2.24, 2.45) is 5.73 Å². The average molecular weight is 222 g/mol. The molecule has 0 saturated carbocycles. The van der Waals surface area contributed by atoms with Gasteiger partial charge in [0.1, 0.15) is 5.75 Å². The number of benzene rings is 1. The van der Waals surface area contributed by atoms with Crippen LogP contribution in [0.5, 0.6) is 5.75 Å². The molecule has 1 amide bonds. The van der Waals surface area contributed by atoms with Gasteiger partial charge in [-0.15, -0.1) is 0 Å². The Bertz CT molecular complexity index is 333. The minimum absolute atomic E-state index is 0.192. The SMILES string of the molecule is CCCOc1ccc(NC(=O)[C@@H](C)N)cc1. The third-order valence-electron chi connectivity index (χ3n) is 2.01. The Morgan fingerprint density at radius 1 is 1.44 bits per heavy atom. The summed E-state index contributed by atoms with van der Waals surface area (Å²) in [5.74, 6) is 0.614. The highest BCUT2D eigenvalue weighted by Crippen LogP contribution is 2.15. The van der Waals surface area contributed by atoms with E-state index in [9.17, 15) is 4.79 Å². The largest absolute Gasteiger partial charge is 0.494 e. The zero-order valence-corrected chi connectivity index (χ0v) is 9.69. The number of carbonyl (C=O) groups excluding carboxylic acids is 1. The zero-order valence-electron chi connectivity index (χ0n) is 9.69. The maximum Gasteiger partial charge on any atom is 0.240 e. The second-order valence-corrected chi connectivity index (χ2v) is 3.65. The topological polar surface area (TPSA) is 64.3 Å². The van der Waals surface area contributed by atoms with Gasteiger partial charge in [0, 0.05) is 5.69 Å². The number of anilines is 1. The Morgan fingerprint density at radius 3 is 2.56 bits per heavy atom. The molecule has 4 heteroatoms. The Balaban J connectivity index is 2.54. The van der Waals surface area contributed by atoms with Crippen LogP contribution in [0.1, 0.15) is 20.3 Å². The van der Waals surface area contributed by atoms with Gasteiger partial charge in [0.25, 0.3) is 0 Å². The van der Waals surface area contributed by atoms with E-state index in [4.69, 9.17) is 10.5 Å². The first kappa shape index (κ1) is 12.5. The molecular formula is C12H18N2O2. The summed E-state index contributed by atoms with van der Waals surface area (Å²) in [4.78, 5) is 11.3. The fraction of sp³-hybridized carbons (Fsp3) is 0.417. The molecule has 1 aromatic rings. The summed E-state index contributed by atoms with van der Waals surface area (Å²) < 4.78 is 5.43. The van der Waals surface area contributed by atoms with Gasteiger partial charge >= 0.3 is 0 Å². The molecule has 88 valence electrons. The molecule has 0 saturated heterocycles. The van der Waals surface area contributed by atoms with Crippen LogP contribution in [0.25, 0.3) is 0 Å². The molecule has 1 rings (SSSR count). The van der Waals surface area contributed by atoms with Crippen molar-refractivity contribution in [3.8, 4) is 5.75 Å². The quantitative estimate of drug-likeness (QED) is 0.798. The number of nitrogens with one attached hydrogen (secondary N) is 1. The van der Waals surface area contributed by atoms with Gasteiger partial charge in [0.2, 0.25) is 5.91 Å². The molecule has 1 atom stereocenters. The Labute approximate surface area is 95.8 Å². The molecule has 1 aromatic carbocycles. The van der Waals surface area contributed by atoms with E-state index < -0.39 is 6.04 Å². The molecule has 0 aliphatic carbocycles. The van der Waals surface area contributed by atoms with Crippen LogP contribution in [-0.2, 0) is 4.79 Å². The van der Waals surface area contributed by atoms with Gasteiger partial charge in [-0.3, -0.25) is 4.79 Å². The second kappa shape index (κ2) is 6.12. The number of ether oxygens (including phenoxy) is 1. The molecule has 0 fully saturated rings. The fourth-order valence-corrected chi connectivity index (χ4v) is 1.11. The molecule has 0 bridgehead atoms. The smallest absolute Gasteiger partial charge is 0.240 e. The van der Waals surface area contributed by atoms with Crippen molar-refractivity contribution in [2.75, 3.05) is 11.9 Å². The molecule has 16 heavy (non-hydrogen) atoms. The number of rotatable bonds is 5. The maximum atomic E-state index is 11.3. The number of hydrogen-bond acceptors (Lipinski definition) is 3. The summed E-state index contributed by atoms with van der Waals surface area (Å²) in [6, 6.07) is 6.74. The number of carbonyl (C=O) groups is 1. The highest BCUT2D eigenvalue weighted by molar-refractivity contribution is 5.94. The van der Waals surface area contributed by atoms with Gasteiger partial charge in [0.05, 0.1) is 12.6 Å². The molecular weight excluding hydrogens is 204 g/mol. The minimum atomic E-state index is -0.504. The van der Waals surface area contributed by atoms with E-state index in [0.717, 1.165) is 17.9 Å². The van der Waals surface area contributed by atoms with Crippen LogP contribution in [-0.4, -0.2) is 18.6 Å². The maximum absolute atomic E-state index is 11.3. The molecule has 0 spiro atoms. The van der Waals surface area contributed by atoms with E-state index in [1.807, 2.05) is 12.1 Å². The summed E-state index contributed by atoms with van der Waals surface area (Å²) in [7, 11) is 0. The normalized spacial score (nSPS) is 11.9. The first-order chi connectivity index (χ1) is 7.63. The zero-order chi connectivity index (χ0) is 12.0. The molecule has 0 aliphatic heterocycles. The predicted octanol–water partition coefficient (Wildman–Crippen LogP) is 1.76. The molecule has 3 N–H and O–H groups in total. The number of nitrogens with two attached hydrogens (primary N) is 1. The van der Waals surface area contributed by atoms with E-state index in [2.05, 4.69) is 12.2 Å². The molecule has 0 aromatic heterocycles. The van der Waals surface area contributed by atoms with Crippen molar-refractivity contribution in [3.63, 3.8) is 0 Å². The predicted molar refractivity (Wildman–Crippen MR) is 64.5 cm³/mol. The van der Waals surface area contributed by atoms with Crippen LogP contribution in [0.4, 0.5) is 5.69 Å². The van der Waals surface area contributed by atoms with Crippen molar-refractivity contribution < 1.29 is 9.53 Å². The summed E-state index contributed by atoms with van der Waals surface area (Å²) in [5, 5.41) is 2.71. The lowest BCUT2D eigenvalue weighted by atomic mass is 10.2. The van der Waals surface area contributed by atoms with E-state index in [0.29, 0.717) is 6.61 Å². The van der Waals surface area contributed by atoms with Crippen molar-refractivity contribution in [1.29, 1.82) is 0 Å². The van der Waals surface area contributed by atoms with Gasteiger partial charge < -0.3 is 15.8 Å². The van der Waals surface area contributed by atoms with Crippen LogP contribution in [0.15, 0.2) is 24.3 Å².